The van der Waals surface area contributed by atoms with Crippen molar-refractivity contribution in [3.05, 3.63) is 92.3 Å². The van der Waals surface area contributed by atoms with Crippen LogP contribution >= 0.6 is 0 Å². The molecule has 0 bridgehead atoms. The Kier molecular flexibility index (Phi) is 5.36. The first-order valence-electron chi connectivity index (χ1n) is 9.50. The molecule has 0 radical (unpaired) electrons. The number of aryl methyl sites for hydroxylation is 1. The highest BCUT2D eigenvalue weighted by molar-refractivity contribution is 5.79. The van der Waals surface area contributed by atoms with Crippen LogP contribution in [0.1, 0.15) is 11.1 Å². The van der Waals surface area contributed by atoms with Gasteiger partial charge in [-0.3, -0.25) is 14.9 Å². The summed E-state index contributed by atoms with van der Waals surface area (Å²) in [6, 6.07) is 17.1. The summed E-state index contributed by atoms with van der Waals surface area (Å²) in [7, 11) is 1.53. The minimum absolute atomic E-state index is 0.0408. The average Bonchev–Trinajstić information content (AvgIpc) is 2.77. The molecule has 1 N–H and O–H groups in total. The van der Waals surface area contributed by atoms with Gasteiger partial charge >= 0.3 is 5.69 Å². The van der Waals surface area contributed by atoms with E-state index in [1.165, 1.54) is 13.2 Å². The maximum absolute atomic E-state index is 12.4. The van der Waals surface area contributed by atoms with Gasteiger partial charge in [0.2, 0.25) is 0 Å². The molecule has 0 saturated heterocycles. The Morgan fingerprint density at radius 3 is 2.65 bits per heavy atom. The molecule has 0 saturated carbocycles. The van der Waals surface area contributed by atoms with Crippen molar-refractivity contribution in [3.8, 4) is 22.9 Å². The summed E-state index contributed by atoms with van der Waals surface area (Å²) in [6.45, 7) is 1.87. The first-order chi connectivity index (χ1) is 15.0. The third-order valence-corrected chi connectivity index (χ3v) is 4.86. The van der Waals surface area contributed by atoms with Gasteiger partial charge in [0.25, 0.3) is 5.56 Å². The number of hydrogen-bond donors (Lipinski definition) is 1. The van der Waals surface area contributed by atoms with E-state index in [0.717, 1.165) is 5.56 Å². The lowest BCUT2D eigenvalue weighted by Gasteiger charge is -2.13. The monoisotopic (exact) mass is 417 g/mol. The van der Waals surface area contributed by atoms with Crippen LogP contribution in [0.25, 0.3) is 22.3 Å². The largest absolute Gasteiger partial charge is 0.496 e. The number of benzene rings is 3. The van der Waals surface area contributed by atoms with Crippen LogP contribution in [0, 0.1) is 17.0 Å². The molecule has 0 atom stereocenters. The second kappa shape index (κ2) is 8.27. The lowest BCUT2D eigenvalue weighted by atomic mass is 10.1. The van der Waals surface area contributed by atoms with E-state index in [9.17, 15) is 14.9 Å². The molecule has 1 heterocycles. The number of nitro benzene ring substituents is 1. The van der Waals surface area contributed by atoms with Gasteiger partial charge in [-0.1, -0.05) is 18.2 Å². The van der Waals surface area contributed by atoms with E-state index in [4.69, 9.17) is 9.47 Å². The molecule has 8 nitrogen and oxygen atoms in total. The Morgan fingerprint density at radius 2 is 1.87 bits per heavy atom. The Balaban J connectivity index is 1.70. The second-order valence-corrected chi connectivity index (χ2v) is 6.98. The highest BCUT2D eigenvalue weighted by Crippen LogP contribution is 2.31. The number of hydrogen-bond acceptors (Lipinski definition) is 6. The molecule has 0 aliphatic heterocycles. The maximum Gasteiger partial charge on any atom is 0.310 e. The van der Waals surface area contributed by atoms with Crippen LogP contribution in [-0.2, 0) is 6.61 Å². The summed E-state index contributed by atoms with van der Waals surface area (Å²) >= 11 is 0. The normalized spacial score (nSPS) is 10.8. The molecule has 4 aromatic rings. The van der Waals surface area contributed by atoms with Gasteiger partial charge in [0.15, 0.2) is 5.75 Å². The Labute approximate surface area is 177 Å². The molecule has 0 aliphatic rings. The van der Waals surface area contributed by atoms with E-state index >= 15 is 0 Å². The number of aromatic nitrogens is 2. The number of H-pyrrole nitrogens is 1. The lowest BCUT2D eigenvalue weighted by molar-refractivity contribution is -0.386. The molecule has 0 spiro atoms. The highest BCUT2D eigenvalue weighted by Gasteiger charge is 2.16. The Hall–Kier alpha value is -4.20. The summed E-state index contributed by atoms with van der Waals surface area (Å²) in [4.78, 5) is 30.6. The zero-order chi connectivity index (χ0) is 22.0. The fourth-order valence-electron chi connectivity index (χ4n) is 3.31. The van der Waals surface area contributed by atoms with E-state index < -0.39 is 4.92 Å². The molecule has 3 aromatic carbocycles. The third kappa shape index (κ3) is 4.09. The number of nitrogens with zero attached hydrogens (tertiary/aromatic N) is 2. The number of fused-ring (bicyclic) bond motifs is 1. The number of nitro groups is 1. The SMILES string of the molecule is COc1ccc(-c2nc3ccccc3c(=O)[nH]2)cc1COc1cc(C)ccc1[N+](=O)[O-]. The minimum atomic E-state index is -0.480. The molecule has 0 unspecified atom stereocenters. The summed E-state index contributed by atoms with van der Waals surface area (Å²) in [6.07, 6.45) is 0. The quantitative estimate of drug-likeness (QED) is 0.368. The number of nitrogens with one attached hydrogen (secondary N) is 1. The summed E-state index contributed by atoms with van der Waals surface area (Å²) in [5, 5.41) is 11.8. The molecule has 31 heavy (non-hydrogen) atoms. The molecular formula is C23H19N3O5. The zero-order valence-electron chi connectivity index (χ0n) is 16.9. The molecule has 156 valence electrons. The molecule has 4 rings (SSSR count). The van der Waals surface area contributed by atoms with Gasteiger partial charge in [0, 0.05) is 17.2 Å². The summed E-state index contributed by atoms with van der Waals surface area (Å²) < 4.78 is 11.2. The Morgan fingerprint density at radius 1 is 1.06 bits per heavy atom. The number of methoxy groups -OCH3 is 1. The number of aromatic amines is 1. The first kappa shape index (κ1) is 20.1. The van der Waals surface area contributed by atoms with Crippen molar-refractivity contribution in [2.75, 3.05) is 7.11 Å². The highest BCUT2D eigenvalue weighted by atomic mass is 16.6. The smallest absolute Gasteiger partial charge is 0.310 e. The first-order valence-corrected chi connectivity index (χ1v) is 9.50. The molecule has 0 fully saturated rings. The predicted octanol–water partition coefficient (Wildman–Crippen LogP) is 4.39. The van der Waals surface area contributed by atoms with Crippen molar-refractivity contribution in [2.24, 2.45) is 0 Å². The van der Waals surface area contributed by atoms with Crippen LogP contribution in [0.15, 0.2) is 65.5 Å². The van der Waals surface area contributed by atoms with Gasteiger partial charge in [-0.25, -0.2) is 4.98 Å². The summed E-state index contributed by atoms with van der Waals surface area (Å²) in [5.41, 5.74) is 2.42. The number of ether oxygens (including phenoxy) is 2. The zero-order valence-corrected chi connectivity index (χ0v) is 16.9. The number of rotatable bonds is 6. The van der Waals surface area contributed by atoms with Crippen molar-refractivity contribution in [1.29, 1.82) is 0 Å². The predicted molar refractivity (Wildman–Crippen MR) is 117 cm³/mol. The molecular weight excluding hydrogens is 398 g/mol. The van der Waals surface area contributed by atoms with Gasteiger partial charge in [0.1, 0.15) is 18.2 Å². The van der Waals surface area contributed by atoms with Crippen molar-refractivity contribution in [2.45, 2.75) is 13.5 Å². The van der Waals surface area contributed by atoms with E-state index in [2.05, 4.69) is 9.97 Å². The van der Waals surface area contributed by atoms with Crippen molar-refractivity contribution >= 4 is 16.6 Å². The Bertz CT molecular complexity index is 1350. The van der Waals surface area contributed by atoms with Gasteiger partial charge in [-0.15, -0.1) is 0 Å². The molecule has 0 aliphatic carbocycles. The van der Waals surface area contributed by atoms with Crippen LogP contribution in [-0.4, -0.2) is 22.0 Å². The van der Waals surface area contributed by atoms with Gasteiger partial charge < -0.3 is 14.5 Å². The topological polar surface area (TPSA) is 107 Å². The van der Waals surface area contributed by atoms with Crippen LogP contribution in [0.2, 0.25) is 0 Å². The van der Waals surface area contributed by atoms with Crippen molar-refractivity contribution < 1.29 is 14.4 Å². The van der Waals surface area contributed by atoms with Crippen LogP contribution in [0.3, 0.4) is 0 Å². The fraction of sp³-hybridized carbons (Fsp3) is 0.130. The van der Waals surface area contributed by atoms with Crippen molar-refractivity contribution in [1.82, 2.24) is 9.97 Å². The average molecular weight is 417 g/mol. The van der Waals surface area contributed by atoms with Gasteiger partial charge in [-0.05, 0) is 48.9 Å². The van der Waals surface area contributed by atoms with E-state index in [1.54, 1.807) is 48.5 Å². The molecule has 1 aromatic heterocycles. The van der Waals surface area contributed by atoms with Crippen LogP contribution in [0.4, 0.5) is 5.69 Å². The van der Waals surface area contributed by atoms with Gasteiger partial charge in [0.05, 0.1) is 22.9 Å². The van der Waals surface area contributed by atoms with E-state index in [1.807, 2.05) is 13.0 Å². The van der Waals surface area contributed by atoms with Crippen LogP contribution in [0.5, 0.6) is 11.5 Å². The van der Waals surface area contributed by atoms with Crippen LogP contribution < -0.4 is 15.0 Å². The number of para-hydroxylation sites is 1. The lowest BCUT2D eigenvalue weighted by Crippen LogP contribution is -2.09. The van der Waals surface area contributed by atoms with Gasteiger partial charge in [-0.2, -0.15) is 0 Å². The standard InChI is InChI=1S/C23H19N3O5/c1-14-7-9-19(26(28)29)21(11-14)31-13-16-12-15(8-10-20(16)30-2)22-24-18-6-4-3-5-17(18)23(27)25-22/h3-12H,13H2,1-2H3,(H,24,25,27). The molecule has 0 amide bonds. The maximum atomic E-state index is 12.4. The van der Waals surface area contributed by atoms with E-state index in [-0.39, 0.29) is 23.6 Å². The second-order valence-electron chi connectivity index (χ2n) is 6.98. The summed E-state index contributed by atoms with van der Waals surface area (Å²) in [5.74, 6) is 1.14. The molecule has 8 heteroatoms. The third-order valence-electron chi connectivity index (χ3n) is 4.86. The van der Waals surface area contributed by atoms with E-state index in [0.29, 0.717) is 33.6 Å². The minimum Gasteiger partial charge on any atom is -0.496 e. The fourth-order valence-corrected chi connectivity index (χ4v) is 3.31. The van der Waals surface area contributed by atoms with Crippen molar-refractivity contribution in [3.63, 3.8) is 0 Å².